The molecule has 1 amide bonds. The van der Waals surface area contributed by atoms with Gasteiger partial charge in [-0.2, -0.15) is 0 Å². The van der Waals surface area contributed by atoms with Crippen LogP contribution in [0, 0.1) is 20.8 Å². The molecule has 0 aliphatic heterocycles. The van der Waals surface area contributed by atoms with E-state index in [1.807, 2.05) is 69.3 Å². The van der Waals surface area contributed by atoms with Gasteiger partial charge in [0.15, 0.2) is 0 Å². The average Bonchev–Trinajstić information content (AvgIpc) is 3.35. The zero-order chi connectivity index (χ0) is 22.0. The second-order valence-electron chi connectivity index (χ2n) is 7.24. The van der Waals surface area contributed by atoms with E-state index in [4.69, 9.17) is 4.74 Å². The van der Waals surface area contributed by atoms with Crippen LogP contribution in [-0.4, -0.2) is 33.0 Å². The predicted octanol–water partition coefficient (Wildman–Crippen LogP) is 4.25. The maximum absolute atomic E-state index is 12.7. The number of benzene rings is 2. The lowest BCUT2D eigenvalue weighted by molar-refractivity contribution is 0.0954. The van der Waals surface area contributed by atoms with Crippen LogP contribution in [0.15, 0.2) is 48.5 Å². The molecule has 4 rings (SSSR count). The number of thiazole rings is 1. The summed E-state index contributed by atoms with van der Waals surface area (Å²) in [6.07, 6.45) is 0. The van der Waals surface area contributed by atoms with Crippen LogP contribution in [0.5, 0.6) is 5.75 Å². The number of amides is 1. The van der Waals surface area contributed by atoms with E-state index in [-0.39, 0.29) is 5.91 Å². The van der Waals surface area contributed by atoms with Crippen molar-refractivity contribution in [3.8, 4) is 22.1 Å². The number of ether oxygens (including phenoxy) is 1. The molecular formula is C23H23N5O2S. The number of rotatable bonds is 6. The third-order valence-corrected chi connectivity index (χ3v) is 6.15. The summed E-state index contributed by atoms with van der Waals surface area (Å²) in [7, 11) is 1.63. The predicted molar refractivity (Wildman–Crippen MR) is 121 cm³/mol. The number of methoxy groups -OCH3 is 1. The van der Waals surface area contributed by atoms with Gasteiger partial charge in [0.25, 0.3) is 5.91 Å². The van der Waals surface area contributed by atoms with Gasteiger partial charge in [0.1, 0.15) is 21.3 Å². The van der Waals surface area contributed by atoms with E-state index >= 15 is 0 Å². The Bertz CT molecular complexity index is 1210. The molecule has 1 N–H and O–H groups in total. The summed E-state index contributed by atoms with van der Waals surface area (Å²) >= 11 is 1.33. The quantitative estimate of drug-likeness (QED) is 0.491. The maximum Gasteiger partial charge on any atom is 0.263 e. The van der Waals surface area contributed by atoms with Gasteiger partial charge in [0.2, 0.25) is 0 Å². The fourth-order valence-corrected chi connectivity index (χ4v) is 4.19. The molecule has 8 heteroatoms. The molecule has 0 fully saturated rings. The lowest BCUT2D eigenvalue weighted by Gasteiger charge is -2.05. The summed E-state index contributed by atoms with van der Waals surface area (Å²) in [4.78, 5) is 17.9. The minimum Gasteiger partial charge on any atom is -0.497 e. The van der Waals surface area contributed by atoms with E-state index in [9.17, 15) is 4.79 Å². The molecule has 2 heterocycles. The van der Waals surface area contributed by atoms with Crippen molar-refractivity contribution >= 4 is 17.2 Å². The van der Waals surface area contributed by atoms with E-state index in [0.717, 1.165) is 22.7 Å². The Balaban J connectivity index is 1.52. The number of carbonyl (C=O) groups is 1. The van der Waals surface area contributed by atoms with Crippen molar-refractivity contribution in [3.63, 3.8) is 0 Å². The Hall–Kier alpha value is -3.52. The van der Waals surface area contributed by atoms with Gasteiger partial charge in [-0.25, -0.2) is 9.67 Å². The fraction of sp³-hybridized carbons (Fsp3) is 0.217. The molecule has 2 aromatic carbocycles. The largest absolute Gasteiger partial charge is 0.497 e. The Labute approximate surface area is 184 Å². The number of carbonyl (C=O) groups excluding carboxylic acids is 1. The second-order valence-corrected chi connectivity index (χ2v) is 8.23. The highest BCUT2D eigenvalue weighted by molar-refractivity contribution is 7.17. The zero-order valence-electron chi connectivity index (χ0n) is 17.8. The number of nitrogens with one attached hydrogen (secondary N) is 1. The standard InChI is InChI=1S/C23H23N5O2S/c1-14-5-9-18(10-6-14)28-16(3)20(26-27-28)23-25-15(2)21(31-23)22(29)24-13-17-7-11-19(30-4)12-8-17/h5-12H,13H2,1-4H3,(H,24,29). The topological polar surface area (TPSA) is 81.9 Å². The molecule has 0 radical (unpaired) electrons. The Morgan fingerprint density at radius 3 is 2.45 bits per heavy atom. The van der Waals surface area contributed by atoms with Gasteiger partial charge in [-0.1, -0.05) is 35.0 Å². The molecule has 2 aromatic heterocycles. The molecule has 0 aliphatic rings. The molecule has 4 aromatic rings. The van der Waals surface area contributed by atoms with Gasteiger partial charge < -0.3 is 10.1 Å². The van der Waals surface area contributed by atoms with Crippen LogP contribution in [0.25, 0.3) is 16.4 Å². The Kier molecular flexibility index (Phi) is 5.81. The summed E-state index contributed by atoms with van der Waals surface area (Å²) in [6.45, 7) is 6.26. The number of hydrogen-bond acceptors (Lipinski definition) is 6. The van der Waals surface area contributed by atoms with E-state index in [0.29, 0.717) is 27.8 Å². The van der Waals surface area contributed by atoms with Crippen molar-refractivity contribution in [2.45, 2.75) is 27.3 Å². The first-order valence-electron chi connectivity index (χ1n) is 9.84. The Morgan fingerprint density at radius 2 is 1.77 bits per heavy atom. The van der Waals surface area contributed by atoms with Crippen molar-refractivity contribution in [1.82, 2.24) is 25.3 Å². The summed E-state index contributed by atoms with van der Waals surface area (Å²) in [6, 6.07) is 15.7. The highest BCUT2D eigenvalue weighted by Crippen LogP contribution is 2.29. The maximum atomic E-state index is 12.7. The van der Waals surface area contributed by atoms with E-state index < -0.39 is 0 Å². The molecule has 0 spiro atoms. The van der Waals surface area contributed by atoms with Crippen molar-refractivity contribution in [3.05, 3.63) is 75.9 Å². The van der Waals surface area contributed by atoms with E-state index in [1.165, 1.54) is 16.9 Å². The van der Waals surface area contributed by atoms with Gasteiger partial charge in [-0.15, -0.1) is 16.4 Å². The average molecular weight is 434 g/mol. The van der Waals surface area contributed by atoms with Crippen LogP contribution in [0.1, 0.15) is 32.2 Å². The molecule has 0 aliphatic carbocycles. The summed E-state index contributed by atoms with van der Waals surface area (Å²) < 4.78 is 6.95. The van der Waals surface area contributed by atoms with Crippen LogP contribution in [0.2, 0.25) is 0 Å². The van der Waals surface area contributed by atoms with Gasteiger partial charge in [0.05, 0.1) is 24.2 Å². The number of nitrogens with zero attached hydrogens (tertiary/aromatic N) is 4. The molecule has 0 bridgehead atoms. The van der Waals surface area contributed by atoms with Crippen molar-refractivity contribution < 1.29 is 9.53 Å². The number of hydrogen-bond donors (Lipinski definition) is 1. The number of aryl methyl sites for hydroxylation is 2. The fourth-order valence-electron chi connectivity index (χ4n) is 3.17. The van der Waals surface area contributed by atoms with Crippen LogP contribution in [0.3, 0.4) is 0 Å². The van der Waals surface area contributed by atoms with E-state index in [2.05, 4.69) is 20.6 Å². The van der Waals surface area contributed by atoms with E-state index in [1.54, 1.807) is 11.8 Å². The van der Waals surface area contributed by atoms with Crippen LogP contribution in [0.4, 0.5) is 0 Å². The minimum absolute atomic E-state index is 0.152. The van der Waals surface area contributed by atoms with Crippen LogP contribution < -0.4 is 10.1 Å². The highest BCUT2D eigenvalue weighted by Gasteiger charge is 2.20. The molecule has 0 saturated carbocycles. The SMILES string of the molecule is COc1ccc(CNC(=O)c2sc(-c3nnn(-c4ccc(C)cc4)c3C)nc2C)cc1. The Morgan fingerprint density at radius 1 is 1.06 bits per heavy atom. The zero-order valence-corrected chi connectivity index (χ0v) is 18.7. The lowest BCUT2D eigenvalue weighted by atomic mass is 10.2. The summed E-state index contributed by atoms with van der Waals surface area (Å²) in [5.41, 5.74) is 5.35. The van der Waals surface area contributed by atoms with Gasteiger partial charge >= 0.3 is 0 Å². The van der Waals surface area contributed by atoms with Crippen molar-refractivity contribution in [2.24, 2.45) is 0 Å². The van der Waals surface area contributed by atoms with Gasteiger partial charge in [-0.3, -0.25) is 4.79 Å². The third-order valence-electron chi connectivity index (χ3n) is 4.99. The monoisotopic (exact) mass is 433 g/mol. The second kappa shape index (κ2) is 8.69. The summed E-state index contributed by atoms with van der Waals surface area (Å²) in [5, 5.41) is 12.3. The van der Waals surface area contributed by atoms with Gasteiger partial charge in [0, 0.05) is 6.54 Å². The van der Waals surface area contributed by atoms with Crippen LogP contribution >= 0.6 is 11.3 Å². The highest BCUT2D eigenvalue weighted by atomic mass is 32.1. The van der Waals surface area contributed by atoms with Gasteiger partial charge in [-0.05, 0) is 50.6 Å². The molecule has 7 nitrogen and oxygen atoms in total. The first-order chi connectivity index (χ1) is 15.0. The van der Waals surface area contributed by atoms with Crippen LogP contribution in [-0.2, 0) is 6.54 Å². The smallest absolute Gasteiger partial charge is 0.263 e. The normalized spacial score (nSPS) is 10.8. The van der Waals surface area contributed by atoms with Crippen molar-refractivity contribution in [1.29, 1.82) is 0 Å². The molecule has 0 saturated heterocycles. The minimum atomic E-state index is -0.152. The molecule has 158 valence electrons. The number of aromatic nitrogens is 4. The summed E-state index contributed by atoms with van der Waals surface area (Å²) in [5.74, 6) is 0.632. The van der Waals surface area contributed by atoms with Crippen molar-refractivity contribution in [2.75, 3.05) is 7.11 Å². The molecule has 31 heavy (non-hydrogen) atoms. The first-order valence-corrected chi connectivity index (χ1v) is 10.7. The third kappa shape index (κ3) is 4.34. The molecular weight excluding hydrogens is 410 g/mol. The molecule has 0 atom stereocenters. The lowest BCUT2D eigenvalue weighted by Crippen LogP contribution is -2.22. The molecule has 0 unspecified atom stereocenters. The first kappa shape index (κ1) is 20.7.